The number of aromatic nitrogens is 1. The lowest BCUT2D eigenvalue weighted by atomic mass is 10.1. The molecule has 6 nitrogen and oxygen atoms in total. The van der Waals surface area contributed by atoms with Crippen molar-refractivity contribution in [3.63, 3.8) is 0 Å². The van der Waals surface area contributed by atoms with Crippen LogP contribution in [0.5, 0.6) is 0 Å². The highest BCUT2D eigenvalue weighted by Gasteiger charge is 2.14. The van der Waals surface area contributed by atoms with E-state index in [0.717, 1.165) is 0 Å². The average molecular weight is 314 g/mol. The predicted molar refractivity (Wildman–Crippen MR) is 85.4 cm³/mol. The molecule has 1 aromatic carbocycles. The van der Waals surface area contributed by atoms with Gasteiger partial charge < -0.3 is 14.6 Å². The maximum absolute atomic E-state index is 12.0. The second-order valence-electron chi connectivity index (χ2n) is 4.98. The highest BCUT2D eigenvalue weighted by molar-refractivity contribution is 5.99. The van der Waals surface area contributed by atoms with Gasteiger partial charge in [0, 0.05) is 30.9 Å². The van der Waals surface area contributed by atoms with E-state index >= 15 is 0 Å². The van der Waals surface area contributed by atoms with Gasteiger partial charge in [0.1, 0.15) is 5.69 Å². The van der Waals surface area contributed by atoms with Crippen LogP contribution in [0.4, 0.5) is 5.69 Å². The van der Waals surface area contributed by atoms with Crippen LogP contribution in [0, 0.1) is 0 Å². The third kappa shape index (κ3) is 4.29. The molecule has 1 N–H and O–H groups in total. The number of carbonyl (C=O) groups is 3. The average Bonchev–Trinajstić information content (AvgIpc) is 2.99. The Kier molecular flexibility index (Phi) is 5.30. The number of carbonyl (C=O) groups excluding carboxylic acids is 3. The lowest BCUT2D eigenvalue weighted by Gasteiger charge is -2.07. The Balaban J connectivity index is 1.92. The Morgan fingerprint density at radius 1 is 1.13 bits per heavy atom. The summed E-state index contributed by atoms with van der Waals surface area (Å²) in [6.07, 6.45) is 2.11. The quantitative estimate of drug-likeness (QED) is 0.656. The smallest absolute Gasteiger partial charge is 0.355 e. The molecule has 0 saturated heterocycles. The van der Waals surface area contributed by atoms with Gasteiger partial charge in [0.25, 0.3) is 0 Å². The molecule has 1 amide bonds. The summed E-state index contributed by atoms with van der Waals surface area (Å²) in [6, 6.07) is 9.80. The Labute approximate surface area is 134 Å². The summed E-state index contributed by atoms with van der Waals surface area (Å²) in [6.45, 7) is 1.43. The van der Waals surface area contributed by atoms with Crippen molar-refractivity contribution < 1.29 is 19.1 Å². The van der Waals surface area contributed by atoms with Gasteiger partial charge in [-0.2, -0.15) is 0 Å². The number of ether oxygens (including phenoxy) is 1. The molecule has 0 atom stereocenters. The van der Waals surface area contributed by atoms with Gasteiger partial charge in [0.2, 0.25) is 5.91 Å². The van der Waals surface area contributed by atoms with E-state index in [4.69, 9.17) is 4.74 Å². The maximum atomic E-state index is 12.0. The number of anilines is 1. The highest BCUT2D eigenvalue weighted by atomic mass is 16.5. The molecular weight excluding hydrogens is 296 g/mol. The summed E-state index contributed by atoms with van der Waals surface area (Å²) in [4.78, 5) is 35.1. The monoisotopic (exact) mass is 314 g/mol. The minimum absolute atomic E-state index is 0.0967. The van der Waals surface area contributed by atoms with Crippen molar-refractivity contribution in [2.75, 3.05) is 11.9 Å². The van der Waals surface area contributed by atoms with Crippen LogP contribution in [0.2, 0.25) is 0 Å². The fourth-order valence-corrected chi connectivity index (χ4v) is 1.95. The normalized spacial score (nSPS) is 10.2. The van der Waals surface area contributed by atoms with Crippen molar-refractivity contribution in [3.8, 4) is 0 Å². The Morgan fingerprint density at radius 3 is 2.39 bits per heavy atom. The molecule has 0 aliphatic heterocycles. The molecule has 2 rings (SSSR count). The number of hydrogen-bond donors (Lipinski definition) is 1. The lowest BCUT2D eigenvalue weighted by molar-refractivity contribution is -0.115. The minimum Gasteiger partial charge on any atom is -0.453 e. The van der Waals surface area contributed by atoms with E-state index in [-0.39, 0.29) is 18.3 Å². The van der Waals surface area contributed by atoms with Crippen LogP contribution >= 0.6 is 0 Å². The molecule has 0 unspecified atom stereocenters. The number of aryl methyl sites for hydroxylation is 1. The highest BCUT2D eigenvalue weighted by Crippen LogP contribution is 2.11. The first kappa shape index (κ1) is 16.5. The van der Waals surface area contributed by atoms with Gasteiger partial charge in [-0.05, 0) is 36.4 Å². The molecular formula is C17H18N2O4. The third-order valence-corrected chi connectivity index (χ3v) is 3.30. The zero-order valence-corrected chi connectivity index (χ0v) is 13.0. The van der Waals surface area contributed by atoms with E-state index in [9.17, 15) is 14.4 Å². The molecule has 23 heavy (non-hydrogen) atoms. The van der Waals surface area contributed by atoms with E-state index in [1.54, 1.807) is 61.1 Å². The fourth-order valence-electron chi connectivity index (χ4n) is 1.95. The molecule has 0 spiro atoms. The topological polar surface area (TPSA) is 77.4 Å². The molecule has 2 aromatic rings. The van der Waals surface area contributed by atoms with Crippen molar-refractivity contribution in [3.05, 3.63) is 53.9 Å². The molecule has 1 heterocycles. The van der Waals surface area contributed by atoms with E-state index < -0.39 is 5.97 Å². The number of esters is 1. The second-order valence-corrected chi connectivity index (χ2v) is 4.98. The number of Topliss-reactive ketones (excluding diaryl/α,β-unsaturated/α-hetero) is 1. The van der Waals surface area contributed by atoms with Gasteiger partial charge in [-0.1, -0.05) is 6.92 Å². The van der Waals surface area contributed by atoms with Gasteiger partial charge in [-0.3, -0.25) is 9.59 Å². The van der Waals surface area contributed by atoms with Crippen LogP contribution < -0.4 is 5.32 Å². The largest absolute Gasteiger partial charge is 0.453 e. The number of amides is 1. The molecule has 120 valence electrons. The summed E-state index contributed by atoms with van der Waals surface area (Å²) in [5.74, 6) is -0.945. The van der Waals surface area contributed by atoms with Crippen molar-refractivity contribution in [2.45, 2.75) is 13.3 Å². The lowest BCUT2D eigenvalue weighted by Crippen LogP contribution is -2.16. The number of rotatable bonds is 6. The van der Waals surface area contributed by atoms with Crippen molar-refractivity contribution in [1.82, 2.24) is 4.57 Å². The second kappa shape index (κ2) is 7.40. The van der Waals surface area contributed by atoms with Crippen LogP contribution in [0.25, 0.3) is 0 Å². The van der Waals surface area contributed by atoms with Crippen LogP contribution in [0.15, 0.2) is 42.6 Å². The number of hydrogen-bond acceptors (Lipinski definition) is 4. The number of nitrogens with zero attached hydrogens (tertiary/aromatic N) is 1. The summed E-state index contributed by atoms with van der Waals surface area (Å²) >= 11 is 0. The van der Waals surface area contributed by atoms with E-state index in [2.05, 4.69) is 5.32 Å². The molecule has 0 radical (unpaired) electrons. The first-order chi connectivity index (χ1) is 11.0. The Hall–Kier alpha value is -2.89. The van der Waals surface area contributed by atoms with Crippen molar-refractivity contribution in [1.29, 1.82) is 0 Å². The van der Waals surface area contributed by atoms with Crippen molar-refractivity contribution >= 4 is 23.3 Å². The van der Waals surface area contributed by atoms with Gasteiger partial charge in [0.15, 0.2) is 12.4 Å². The first-order valence-corrected chi connectivity index (χ1v) is 7.23. The minimum atomic E-state index is -0.544. The standard InChI is InChI=1S/C17H18N2O4/c1-3-16(21)18-13-8-6-12(7-9-13)15(20)11-23-17(22)14-5-4-10-19(14)2/h4-10H,3,11H2,1-2H3,(H,18,21). The number of nitrogens with one attached hydrogen (secondary N) is 1. The van der Waals surface area contributed by atoms with E-state index in [0.29, 0.717) is 23.4 Å². The molecule has 0 aliphatic rings. The van der Waals surface area contributed by atoms with Crippen LogP contribution in [-0.4, -0.2) is 28.8 Å². The Bertz CT molecular complexity index is 716. The SMILES string of the molecule is CCC(=O)Nc1ccc(C(=O)COC(=O)c2cccn2C)cc1. The number of ketones is 1. The van der Waals surface area contributed by atoms with Gasteiger partial charge in [0.05, 0.1) is 0 Å². The fraction of sp³-hybridized carbons (Fsp3) is 0.235. The molecule has 0 fully saturated rings. The summed E-state index contributed by atoms with van der Waals surface area (Å²) in [7, 11) is 1.72. The van der Waals surface area contributed by atoms with Gasteiger partial charge in [-0.15, -0.1) is 0 Å². The summed E-state index contributed by atoms with van der Waals surface area (Å²) < 4.78 is 6.64. The van der Waals surface area contributed by atoms with Crippen LogP contribution in [-0.2, 0) is 16.6 Å². The van der Waals surface area contributed by atoms with Gasteiger partial charge >= 0.3 is 5.97 Å². The van der Waals surface area contributed by atoms with E-state index in [1.165, 1.54) is 0 Å². The molecule has 1 aromatic heterocycles. The number of benzene rings is 1. The Morgan fingerprint density at radius 2 is 1.83 bits per heavy atom. The maximum Gasteiger partial charge on any atom is 0.355 e. The van der Waals surface area contributed by atoms with Crippen LogP contribution in [0.3, 0.4) is 0 Å². The van der Waals surface area contributed by atoms with E-state index in [1.807, 2.05) is 0 Å². The first-order valence-electron chi connectivity index (χ1n) is 7.23. The molecule has 6 heteroatoms. The third-order valence-electron chi connectivity index (χ3n) is 3.30. The predicted octanol–water partition coefficient (Wildman–Crippen LogP) is 2.41. The zero-order chi connectivity index (χ0) is 16.8. The van der Waals surface area contributed by atoms with Gasteiger partial charge in [-0.25, -0.2) is 4.79 Å². The van der Waals surface area contributed by atoms with Crippen molar-refractivity contribution in [2.24, 2.45) is 7.05 Å². The molecule has 0 aliphatic carbocycles. The molecule has 0 bridgehead atoms. The summed E-state index contributed by atoms with van der Waals surface area (Å²) in [5.41, 5.74) is 1.42. The summed E-state index contributed by atoms with van der Waals surface area (Å²) in [5, 5.41) is 2.69. The zero-order valence-electron chi connectivity index (χ0n) is 13.0. The molecule has 0 saturated carbocycles. The van der Waals surface area contributed by atoms with Crippen LogP contribution in [0.1, 0.15) is 34.2 Å².